The Bertz CT molecular complexity index is 492. The molecule has 0 unspecified atom stereocenters. The van der Waals surface area contributed by atoms with Gasteiger partial charge in [-0.15, -0.1) is 0 Å². The fraction of sp³-hybridized carbons (Fsp3) is 0.500. The van der Waals surface area contributed by atoms with Gasteiger partial charge in [0.25, 0.3) is 0 Å². The van der Waals surface area contributed by atoms with Gasteiger partial charge in [-0.2, -0.15) is 0 Å². The monoisotopic (exact) mass is 345 g/mol. The number of carbonyl (C=O) groups is 1. The summed E-state index contributed by atoms with van der Waals surface area (Å²) in [6.07, 6.45) is 3.32. The van der Waals surface area contributed by atoms with Crippen molar-refractivity contribution in [3.63, 3.8) is 0 Å². The minimum absolute atomic E-state index is 0.0278. The van der Waals surface area contributed by atoms with Gasteiger partial charge >= 0.3 is 5.97 Å². The third-order valence-corrected chi connectivity index (χ3v) is 3.92. The molecule has 0 atom stereocenters. The molecule has 1 aliphatic rings. The zero-order chi connectivity index (χ0) is 14.5. The molecular weight excluding hydrogens is 329 g/mol. The summed E-state index contributed by atoms with van der Waals surface area (Å²) in [4.78, 5) is 10.8. The molecular formula is C14H17BrFNO3. The Balaban J connectivity index is 1.77. The molecule has 4 nitrogen and oxygen atoms in total. The van der Waals surface area contributed by atoms with E-state index in [1.54, 1.807) is 0 Å². The summed E-state index contributed by atoms with van der Waals surface area (Å²) in [5, 5.41) is 11.8. The second kappa shape index (κ2) is 7.04. The van der Waals surface area contributed by atoms with Gasteiger partial charge in [0, 0.05) is 19.8 Å². The van der Waals surface area contributed by atoms with Gasteiger partial charge in [-0.1, -0.05) is 0 Å². The fourth-order valence-electron chi connectivity index (χ4n) is 1.78. The van der Waals surface area contributed by atoms with Gasteiger partial charge < -0.3 is 15.2 Å². The molecule has 1 aromatic carbocycles. The van der Waals surface area contributed by atoms with Crippen molar-refractivity contribution in [2.24, 2.45) is 5.92 Å². The second-order valence-corrected chi connectivity index (χ2v) is 5.69. The number of nitrogens with one attached hydrogen (secondary N) is 1. The van der Waals surface area contributed by atoms with E-state index in [1.807, 2.05) is 0 Å². The van der Waals surface area contributed by atoms with E-state index < -0.39 is 11.8 Å². The fourth-order valence-corrected chi connectivity index (χ4v) is 2.30. The minimum atomic E-state index is -1.16. The van der Waals surface area contributed by atoms with Crippen LogP contribution >= 0.6 is 15.9 Å². The summed E-state index contributed by atoms with van der Waals surface area (Å²) in [5.41, 5.74) is 0.213. The smallest absolute Gasteiger partial charge is 0.336 e. The van der Waals surface area contributed by atoms with Crippen molar-refractivity contribution in [2.45, 2.75) is 19.3 Å². The third kappa shape index (κ3) is 4.18. The lowest BCUT2D eigenvalue weighted by molar-refractivity contribution is 0.0695. The lowest BCUT2D eigenvalue weighted by Crippen LogP contribution is -2.09. The molecule has 1 aromatic rings. The molecule has 0 heterocycles. The Kier molecular flexibility index (Phi) is 5.37. The first kappa shape index (κ1) is 15.3. The molecule has 6 heteroatoms. The lowest BCUT2D eigenvalue weighted by atomic mass is 10.2. The van der Waals surface area contributed by atoms with Crippen LogP contribution in [-0.4, -0.2) is 30.8 Å². The Labute approximate surface area is 125 Å². The van der Waals surface area contributed by atoms with Crippen LogP contribution in [-0.2, 0) is 4.74 Å². The van der Waals surface area contributed by atoms with Crippen LogP contribution in [0.5, 0.6) is 0 Å². The number of ether oxygens (including phenoxy) is 1. The van der Waals surface area contributed by atoms with Crippen LogP contribution in [0.25, 0.3) is 0 Å². The molecule has 0 aliphatic heterocycles. The number of carboxylic acid groups (broad SMARTS) is 1. The van der Waals surface area contributed by atoms with E-state index in [0.29, 0.717) is 18.8 Å². The zero-order valence-corrected chi connectivity index (χ0v) is 12.6. The number of anilines is 1. The second-order valence-electron chi connectivity index (χ2n) is 4.89. The molecule has 0 spiro atoms. The van der Waals surface area contributed by atoms with Gasteiger partial charge in [-0.25, -0.2) is 9.18 Å². The van der Waals surface area contributed by atoms with Crippen molar-refractivity contribution in [3.05, 3.63) is 28.0 Å². The van der Waals surface area contributed by atoms with E-state index in [9.17, 15) is 9.18 Å². The number of hydrogen-bond donors (Lipinski definition) is 2. The summed E-state index contributed by atoms with van der Waals surface area (Å²) >= 11 is 2.97. The highest BCUT2D eigenvalue weighted by Crippen LogP contribution is 2.29. The van der Waals surface area contributed by atoms with Crippen LogP contribution in [0.15, 0.2) is 16.6 Å². The number of benzene rings is 1. The molecule has 0 aromatic heterocycles. The van der Waals surface area contributed by atoms with Crippen LogP contribution in [0.1, 0.15) is 29.6 Å². The van der Waals surface area contributed by atoms with Gasteiger partial charge in [-0.3, -0.25) is 0 Å². The minimum Gasteiger partial charge on any atom is -0.478 e. The molecule has 2 rings (SSSR count). The van der Waals surface area contributed by atoms with Crippen LogP contribution in [0, 0.1) is 11.7 Å². The summed E-state index contributed by atoms with van der Waals surface area (Å²) in [5.74, 6) is -0.987. The predicted molar refractivity (Wildman–Crippen MR) is 77.7 cm³/mol. The quantitative estimate of drug-likeness (QED) is 0.708. The van der Waals surface area contributed by atoms with Gasteiger partial charge in [0.1, 0.15) is 0 Å². The maximum Gasteiger partial charge on any atom is 0.336 e. The molecule has 0 bridgehead atoms. The normalized spacial score (nSPS) is 14.3. The average molecular weight is 346 g/mol. The highest BCUT2D eigenvalue weighted by atomic mass is 79.9. The number of carboxylic acids is 1. The van der Waals surface area contributed by atoms with Crippen molar-refractivity contribution in [2.75, 3.05) is 25.1 Å². The number of halogens is 2. The SMILES string of the molecule is O=C(O)c1ccc(NCCCOCC2CC2)c(F)c1Br. The molecule has 1 aliphatic carbocycles. The summed E-state index contributed by atoms with van der Waals surface area (Å²) in [6.45, 7) is 2.06. The van der Waals surface area contributed by atoms with Crippen molar-refractivity contribution >= 4 is 27.6 Å². The molecule has 20 heavy (non-hydrogen) atoms. The van der Waals surface area contributed by atoms with Gasteiger partial charge in [0.2, 0.25) is 0 Å². The highest BCUT2D eigenvalue weighted by Gasteiger charge is 2.20. The van der Waals surface area contributed by atoms with E-state index in [-0.39, 0.29) is 10.0 Å². The van der Waals surface area contributed by atoms with E-state index in [1.165, 1.54) is 25.0 Å². The number of aromatic carboxylic acids is 1. The van der Waals surface area contributed by atoms with Gasteiger partial charge in [0.05, 0.1) is 15.7 Å². The van der Waals surface area contributed by atoms with Crippen LogP contribution in [0.4, 0.5) is 10.1 Å². The van der Waals surface area contributed by atoms with Crippen molar-refractivity contribution < 1.29 is 19.0 Å². The zero-order valence-electron chi connectivity index (χ0n) is 11.0. The molecule has 2 N–H and O–H groups in total. The predicted octanol–water partition coefficient (Wildman–Crippen LogP) is 3.52. The summed E-state index contributed by atoms with van der Waals surface area (Å²) in [6, 6.07) is 2.82. The van der Waals surface area contributed by atoms with Crippen molar-refractivity contribution in [3.8, 4) is 0 Å². The number of hydrogen-bond acceptors (Lipinski definition) is 3. The van der Waals surface area contributed by atoms with Crippen LogP contribution in [0.3, 0.4) is 0 Å². The van der Waals surface area contributed by atoms with E-state index in [2.05, 4.69) is 21.2 Å². The Morgan fingerprint density at radius 3 is 2.90 bits per heavy atom. The van der Waals surface area contributed by atoms with E-state index >= 15 is 0 Å². The first-order valence-corrected chi connectivity index (χ1v) is 7.42. The van der Waals surface area contributed by atoms with E-state index in [4.69, 9.17) is 9.84 Å². The maximum atomic E-state index is 13.9. The van der Waals surface area contributed by atoms with Crippen LogP contribution < -0.4 is 5.32 Å². The van der Waals surface area contributed by atoms with Gasteiger partial charge in [-0.05, 0) is 53.2 Å². The molecule has 0 saturated heterocycles. The van der Waals surface area contributed by atoms with Crippen molar-refractivity contribution in [1.29, 1.82) is 0 Å². The largest absolute Gasteiger partial charge is 0.478 e. The third-order valence-electron chi connectivity index (χ3n) is 3.14. The first-order valence-electron chi connectivity index (χ1n) is 6.62. The maximum absolute atomic E-state index is 13.9. The van der Waals surface area contributed by atoms with Crippen LogP contribution in [0.2, 0.25) is 0 Å². The summed E-state index contributed by atoms with van der Waals surface area (Å²) < 4.78 is 19.4. The average Bonchev–Trinajstić information content (AvgIpc) is 3.22. The molecule has 110 valence electrons. The summed E-state index contributed by atoms with van der Waals surface area (Å²) in [7, 11) is 0. The highest BCUT2D eigenvalue weighted by molar-refractivity contribution is 9.10. The van der Waals surface area contributed by atoms with Crippen molar-refractivity contribution in [1.82, 2.24) is 0 Å². The molecule has 1 saturated carbocycles. The Morgan fingerprint density at radius 1 is 1.50 bits per heavy atom. The Hall–Kier alpha value is -1.14. The standard InChI is InChI=1S/C14H17BrFNO3/c15-12-10(14(18)19)4-5-11(13(12)16)17-6-1-7-20-8-9-2-3-9/h4-5,9,17H,1-3,6-8H2,(H,18,19). The molecule has 0 radical (unpaired) electrons. The molecule has 0 amide bonds. The lowest BCUT2D eigenvalue weighted by Gasteiger charge is -2.10. The van der Waals surface area contributed by atoms with Gasteiger partial charge in [0.15, 0.2) is 5.82 Å². The van der Waals surface area contributed by atoms with E-state index in [0.717, 1.165) is 18.9 Å². The molecule has 1 fully saturated rings. The number of rotatable bonds is 8. The topological polar surface area (TPSA) is 58.6 Å². The first-order chi connectivity index (χ1) is 9.59. The Morgan fingerprint density at radius 2 is 2.25 bits per heavy atom.